The molecular weight excluding hydrogens is 281 g/mol. The summed E-state index contributed by atoms with van der Waals surface area (Å²) in [6.45, 7) is -1.19. The Morgan fingerprint density at radius 1 is 1.40 bits per heavy atom. The van der Waals surface area contributed by atoms with Crippen molar-refractivity contribution in [3.63, 3.8) is 0 Å². The summed E-state index contributed by atoms with van der Waals surface area (Å²) in [5, 5.41) is 11.2. The van der Waals surface area contributed by atoms with Crippen LogP contribution in [0.5, 0.6) is 0 Å². The van der Waals surface area contributed by atoms with Crippen molar-refractivity contribution in [2.45, 2.75) is 31.5 Å². The average molecular weight is 294 g/mol. The first-order valence-corrected chi connectivity index (χ1v) is 6.06. The van der Waals surface area contributed by atoms with Gasteiger partial charge in [-0.2, -0.15) is 13.2 Å². The predicted octanol–water partition coefficient (Wildman–Crippen LogP) is 0.131. The first-order chi connectivity index (χ1) is 9.17. The first-order valence-electron chi connectivity index (χ1n) is 6.06. The maximum absolute atomic E-state index is 13.0. The number of carboxylic acid groups (broad SMARTS) is 1. The number of carbonyl (C=O) groups is 3. The van der Waals surface area contributed by atoms with Gasteiger partial charge in [0, 0.05) is 19.5 Å². The number of likely N-dealkylation sites (tertiary alicyclic amines) is 1. The van der Waals surface area contributed by atoms with Crippen LogP contribution in [0.3, 0.4) is 0 Å². The zero-order valence-electron chi connectivity index (χ0n) is 10.4. The van der Waals surface area contributed by atoms with Gasteiger partial charge in [-0.15, -0.1) is 0 Å². The first kappa shape index (κ1) is 14.6. The monoisotopic (exact) mass is 294 g/mol. The summed E-state index contributed by atoms with van der Waals surface area (Å²) in [6.07, 6.45) is -5.22. The molecular formula is C11H13F3N2O4. The number of alkyl halides is 3. The van der Waals surface area contributed by atoms with Crippen molar-refractivity contribution in [3.8, 4) is 0 Å². The fourth-order valence-electron chi connectivity index (χ4n) is 2.54. The van der Waals surface area contributed by atoms with Gasteiger partial charge in [0.2, 0.25) is 11.8 Å². The van der Waals surface area contributed by atoms with Gasteiger partial charge >= 0.3 is 12.1 Å². The minimum atomic E-state index is -4.92. The quantitative estimate of drug-likeness (QED) is 0.758. The number of rotatable bonds is 2. The molecule has 0 saturated carbocycles. The molecule has 0 spiro atoms. The van der Waals surface area contributed by atoms with Crippen LogP contribution in [0, 0.1) is 5.41 Å². The van der Waals surface area contributed by atoms with E-state index in [1.165, 1.54) is 0 Å². The smallest absolute Gasteiger partial charge is 0.406 e. The van der Waals surface area contributed by atoms with Crippen LogP contribution in [0.25, 0.3) is 0 Å². The van der Waals surface area contributed by atoms with Crippen LogP contribution in [-0.4, -0.2) is 53.1 Å². The Bertz CT molecular complexity index is 465. The van der Waals surface area contributed by atoms with Crippen molar-refractivity contribution in [2.24, 2.45) is 5.41 Å². The predicted molar refractivity (Wildman–Crippen MR) is 58.5 cm³/mol. The Kier molecular flexibility index (Phi) is 3.39. The van der Waals surface area contributed by atoms with Crippen LogP contribution in [0.2, 0.25) is 0 Å². The molecule has 2 saturated heterocycles. The molecule has 20 heavy (non-hydrogen) atoms. The van der Waals surface area contributed by atoms with E-state index < -0.39 is 42.5 Å². The zero-order chi connectivity index (χ0) is 15.1. The molecule has 0 aromatic rings. The van der Waals surface area contributed by atoms with E-state index in [1.54, 1.807) is 0 Å². The second-order valence-corrected chi connectivity index (χ2v) is 5.05. The molecule has 0 aromatic heterocycles. The number of halogens is 3. The lowest BCUT2D eigenvalue weighted by molar-refractivity contribution is -0.227. The second kappa shape index (κ2) is 4.64. The Morgan fingerprint density at radius 2 is 2.05 bits per heavy atom. The third-order valence-electron chi connectivity index (χ3n) is 3.83. The highest BCUT2D eigenvalue weighted by Crippen LogP contribution is 2.45. The van der Waals surface area contributed by atoms with Gasteiger partial charge in [-0.3, -0.25) is 14.4 Å². The number of nitrogens with one attached hydrogen (secondary N) is 1. The molecule has 0 bridgehead atoms. The van der Waals surface area contributed by atoms with E-state index >= 15 is 0 Å². The summed E-state index contributed by atoms with van der Waals surface area (Å²) in [4.78, 5) is 34.8. The number of amides is 2. The summed E-state index contributed by atoms with van der Waals surface area (Å²) in [5.41, 5.74) is -2.91. The minimum absolute atomic E-state index is 0.146. The highest BCUT2D eigenvalue weighted by Gasteiger charge is 2.64. The molecule has 112 valence electrons. The third kappa shape index (κ3) is 2.20. The SMILES string of the molecule is O=C1CC[C@@H](C(=O)N2CCC(C(=O)O)(C(F)(F)F)C2)N1. The second-order valence-electron chi connectivity index (χ2n) is 5.05. The van der Waals surface area contributed by atoms with Crippen LogP contribution in [-0.2, 0) is 14.4 Å². The molecule has 2 N–H and O–H groups in total. The van der Waals surface area contributed by atoms with Gasteiger partial charge in [0.05, 0.1) is 0 Å². The highest BCUT2D eigenvalue weighted by molar-refractivity contribution is 5.91. The molecule has 0 radical (unpaired) electrons. The lowest BCUT2D eigenvalue weighted by atomic mass is 9.86. The molecule has 0 aliphatic carbocycles. The average Bonchev–Trinajstić information content (AvgIpc) is 2.93. The molecule has 0 aromatic carbocycles. The topological polar surface area (TPSA) is 86.7 Å². The molecule has 2 rings (SSSR count). The lowest BCUT2D eigenvalue weighted by Crippen LogP contribution is -2.50. The van der Waals surface area contributed by atoms with E-state index in [2.05, 4.69) is 5.32 Å². The molecule has 6 nitrogen and oxygen atoms in total. The number of hydrogen-bond donors (Lipinski definition) is 2. The zero-order valence-corrected chi connectivity index (χ0v) is 10.4. The Balaban J connectivity index is 2.13. The van der Waals surface area contributed by atoms with Crippen molar-refractivity contribution in [1.29, 1.82) is 0 Å². The molecule has 2 amide bonds. The number of nitrogens with zero attached hydrogens (tertiary/aromatic N) is 1. The summed E-state index contributed by atoms with van der Waals surface area (Å²) in [6, 6.07) is -0.847. The fraction of sp³-hybridized carbons (Fsp3) is 0.727. The van der Waals surface area contributed by atoms with Crippen LogP contribution < -0.4 is 5.32 Å². The Morgan fingerprint density at radius 3 is 2.45 bits per heavy atom. The van der Waals surface area contributed by atoms with Crippen molar-refractivity contribution in [3.05, 3.63) is 0 Å². The van der Waals surface area contributed by atoms with Crippen molar-refractivity contribution < 1.29 is 32.7 Å². The molecule has 2 aliphatic heterocycles. The van der Waals surface area contributed by atoms with E-state index in [4.69, 9.17) is 5.11 Å². The normalized spacial score (nSPS) is 30.4. The molecule has 2 atom stereocenters. The maximum atomic E-state index is 13.0. The van der Waals surface area contributed by atoms with E-state index in [0.29, 0.717) is 0 Å². The van der Waals surface area contributed by atoms with Crippen LogP contribution >= 0.6 is 0 Å². The van der Waals surface area contributed by atoms with Crippen LogP contribution in [0.1, 0.15) is 19.3 Å². The number of carboxylic acids is 1. The van der Waals surface area contributed by atoms with Gasteiger partial charge in [-0.1, -0.05) is 0 Å². The number of hydrogen-bond acceptors (Lipinski definition) is 3. The van der Waals surface area contributed by atoms with Gasteiger partial charge < -0.3 is 15.3 Å². The third-order valence-corrected chi connectivity index (χ3v) is 3.83. The summed E-state index contributed by atoms with van der Waals surface area (Å²) >= 11 is 0. The van der Waals surface area contributed by atoms with Crippen molar-refractivity contribution in [2.75, 3.05) is 13.1 Å². The van der Waals surface area contributed by atoms with Gasteiger partial charge in [-0.05, 0) is 12.8 Å². The van der Waals surface area contributed by atoms with Gasteiger partial charge in [0.1, 0.15) is 6.04 Å². The lowest BCUT2D eigenvalue weighted by Gasteiger charge is -2.27. The van der Waals surface area contributed by atoms with Crippen LogP contribution in [0.15, 0.2) is 0 Å². The van der Waals surface area contributed by atoms with Gasteiger partial charge in [-0.25, -0.2) is 0 Å². The van der Waals surface area contributed by atoms with Crippen molar-refractivity contribution in [1.82, 2.24) is 10.2 Å². The summed E-state index contributed by atoms with van der Waals surface area (Å²) in [7, 11) is 0. The van der Waals surface area contributed by atoms with Gasteiger partial charge in [0.15, 0.2) is 5.41 Å². The summed E-state index contributed by atoms with van der Waals surface area (Å²) < 4.78 is 38.9. The summed E-state index contributed by atoms with van der Waals surface area (Å²) in [5.74, 6) is -2.96. The molecule has 1 unspecified atom stereocenters. The maximum Gasteiger partial charge on any atom is 0.406 e. The fourth-order valence-corrected chi connectivity index (χ4v) is 2.54. The largest absolute Gasteiger partial charge is 0.481 e. The van der Waals surface area contributed by atoms with E-state index in [-0.39, 0.29) is 25.3 Å². The minimum Gasteiger partial charge on any atom is -0.481 e. The molecule has 2 heterocycles. The number of aliphatic carboxylic acids is 1. The number of carbonyl (C=O) groups excluding carboxylic acids is 2. The van der Waals surface area contributed by atoms with E-state index in [1.807, 2.05) is 0 Å². The molecule has 2 aliphatic rings. The molecule has 2 fully saturated rings. The van der Waals surface area contributed by atoms with Crippen molar-refractivity contribution >= 4 is 17.8 Å². The van der Waals surface area contributed by atoms with Crippen LogP contribution in [0.4, 0.5) is 13.2 Å². The highest BCUT2D eigenvalue weighted by atomic mass is 19.4. The molecule has 9 heteroatoms. The Labute approximate surface area is 111 Å². The van der Waals surface area contributed by atoms with E-state index in [9.17, 15) is 27.6 Å². The van der Waals surface area contributed by atoms with Gasteiger partial charge in [0.25, 0.3) is 0 Å². The van der Waals surface area contributed by atoms with E-state index in [0.717, 1.165) is 4.90 Å². The standard InChI is InChI=1S/C11H13F3N2O4/c12-11(13,14)10(9(19)20)3-4-16(5-10)8(18)6-1-2-7(17)15-6/h6H,1-5H2,(H,15,17)(H,19,20)/t6-,10?/m0/s1. The Hall–Kier alpha value is -1.80.